The van der Waals surface area contributed by atoms with Crippen LogP contribution < -0.4 is 20.7 Å². The largest absolute Gasteiger partial charge is 0.439 e. The molecule has 1 aromatic heterocycles. The van der Waals surface area contributed by atoms with E-state index in [1.54, 1.807) is 24.3 Å². The van der Waals surface area contributed by atoms with Crippen LogP contribution in [0.15, 0.2) is 60.9 Å². The van der Waals surface area contributed by atoms with Crippen molar-refractivity contribution >= 4 is 29.1 Å². The summed E-state index contributed by atoms with van der Waals surface area (Å²) in [6, 6.07) is 15.7. The summed E-state index contributed by atoms with van der Waals surface area (Å²) in [4.78, 5) is 32.2. The Hall–Kier alpha value is -3.94. The first-order valence-electron chi connectivity index (χ1n) is 9.61. The minimum Gasteiger partial charge on any atom is -0.439 e. The van der Waals surface area contributed by atoms with Crippen molar-refractivity contribution in [2.24, 2.45) is 5.92 Å². The van der Waals surface area contributed by atoms with Gasteiger partial charge in [0.2, 0.25) is 11.8 Å². The van der Waals surface area contributed by atoms with Crippen molar-refractivity contribution in [3.05, 3.63) is 66.5 Å². The van der Waals surface area contributed by atoms with Crippen molar-refractivity contribution in [2.75, 3.05) is 16.0 Å². The Bertz CT molecular complexity index is 1070. The molecule has 30 heavy (non-hydrogen) atoms. The van der Waals surface area contributed by atoms with E-state index in [-0.39, 0.29) is 17.9 Å². The molecule has 1 fully saturated rings. The van der Waals surface area contributed by atoms with Crippen LogP contribution in [-0.4, -0.2) is 21.9 Å². The highest BCUT2D eigenvalue weighted by Gasteiger charge is 2.29. The topological polar surface area (TPSA) is 105 Å². The normalized spacial score (nSPS) is 12.7. The quantitative estimate of drug-likeness (QED) is 0.559. The van der Waals surface area contributed by atoms with Gasteiger partial charge in [-0.15, -0.1) is 0 Å². The summed E-state index contributed by atoms with van der Waals surface area (Å²) in [6.45, 7) is 1.87. The number of carbonyl (C=O) groups excluding carboxylic acids is 2. The van der Waals surface area contributed by atoms with Gasteiger partial charge in [0.25, 0.3) is 0 Å². The van der Waals surface area contributed by atoms with Gasteiger partial charge in [-0.05, 0) is 55.7 Å². The second-order valence-electron chi connectivity index (χ2n) is 7.03. The van der Waals surface area contributed by atoms with Crippen molar-refractivity contribution in [3.8, 4) is 11.6 Å². The van der Waals surface area contributed by atoms with Crippen molar-refractivity contribution < 1.29 is 14.3 Å². The molecule has 1 saturated carbocycles. The molecular weight excluding hydrogens is 382 g/mol. The van der Waals surface area contributed by atoms with E-state index in [0.717, 1.165) is 18.4 Å². The Morgan fingerprint density at radius 1 is 0.967 bits per heavy atom. The molecule has 152 valence electrons. The fourth-order valence-corrected chi connectivity index (χ4v) is 2.80. The van der Waals surface area contributed by atoms with Gasteiger partial charge in [-0.1, -0.05) is 18.2 Å². The molecule has 4 rings (SSSR count). The van der Waals surface area contributed by atoms with E-state index in [1.165, 1.54) is 6.33 Å². The predicted molar refractivity (Wildman–Crippen MR) is 114 cm³/mol. The molecule has 3 aromatic rings. The fourth-order valence-electron chi connectivity index (χ4n) is 2.80. The summed E-state index contributed by atoms with van der Waals surface area (Å²) in [5, 5.41) is 8.36. The molecule has 0 bridgehead atoms. The first kappa shape index (κ1) is 19.4. The number of hydrogen-bond acceptors (Lipinski definition) is 5. The van der Waals surface area contributed by atoms with Crippen LogP contribution in [0.2, 0.25) is 0 Å². The average molecular weight is 403 g/mol. The lowest BCUT2D eigenvalue weighted by Crippen LogP contribution is -2.19. The molecule has 8 heteroatoms. The number of aryl methyl sites for hydroxylation is 1. The highest BCUT2D eigenvalue weighted by Crippen LogP contribution is 2.30. The molecular formula is C22H21N5O3. The first-order valence-corrected chi connectivity index (χ1v) is 9.61. The van der Waals surface area contributed by atoms with E-state index >= 15 is 0 Å². The molecule has 2 aromatic carbocycles. The van der Waals surface area contributed by atoms with E-state index in [2.05, 4.69) is 25.9 Å². The van der Waals surface area contributed by atoms with Crippen LogP contribution in [0.5, 0.6) is 11.6 Å². The molecule has 1 heterocycles. The Morgan fingerprint density at radius 3 is 2.50 bits per heavy atom. The fraction of sp³-hybridized carbons (Fsp3) is 0.182. The van der Waals surface area contributed by atoms with Gasteiger partial charge in [-0.2, -0.15) is 0 Å². The van der Waals surface area contributed by atoms with Crippen molar-refractivity contribution in [1.29, 1.82) is 0 Å². The van der Waals surface area contributed by atoms with Crippen LogP contribution in [0.4, 0.5) is 22.0 Å². The van der Waals surface area contributed by atoms with Crippen molar-refractivity contribution in [3.63, 3.8) is 0 Å². The number of carbonyl (C=O) groups is 2. The number of ether oxygens (including phenoxy) is 1. The third-order valence-electron chi connectivity index (χ3n) is 4.54. The number of para-hydroxylation sites is 1. The maximum atomic E-state index is 12.2. The van der Waals surface area contributed by atoms with E-state index < -0.39 is 0 Å². The van der Waals surface area contributed by atoms with Gasteiger partial charge in [0.15, 0.2) is 0 Å². The molecule has 1 aliphatic carbocycles. The third kappa shape index (κ3) is 5.11. The maximum Gasteiger partial charge on any atom is 0.323 e. The molecule has 0 radical (unpaired) electrons. The monoisotopic (exact) mass is 403 g/mol. The Kier molecular flexibility index (Phi) is 5.56. The number of rotatable bonds is 6. The van der Waals surface area contributed by atoms with Crippen LogP contribution in [0.3, 0.4) is 0 Å². The second-order valence-corrected chi connectivity index (χ2v) is 7.03. The number of urea groups is 1. The maximum absolute atomic E-state index is 12.2. The first-order chi connectivity index (χ1) is 14.6. The minimum atomic E-state index is -0.329. The number of nitrogens with one attached hydrogen (secondary N) is 3. The van der Waals surface area contributed by atoms with Gasteiger partial charge in [-0.25, -0.2) is 14.8 Å². The zero-order valence-corrected chi connectivity index (χ0v) is 16.4. The lowest BCUT2D eigenvalue weighted by Gasteiger charge is -2.12. The van der Waals surface area contributed by atoms with Crippen LogP contribution in [0.1, 0.15) is 18.4 Å². The molecule has 0 saturated heterocycles. The Labute approximate surface area is 173 Å². The van der Waals surface area contributed by atoms with E-state index in [0.29, 0.717) is 28.8 Å². The van der Waals surface area contributed by atoms with Crippen LogP contribution in [0.25, 0.3) is 0 Å². The zero-order chi connectivity index (χ0) is 20.9. The lowest BCUT2D eigenvalue weighted by atomic mass is 10.2. The molecule has 3 N–H and O–H groups in total. The molecule has 0 aliphatic heterocycles. The molecule has 3 amide bonds. The minimum absolute atomic E-state index is 0.0281. The summed E-state index contributed by atoms with van der Waals surface area (Å²) in [6.07, 6.45) is 3.18. The van der Waals surface area contributed by atoms with Crippen LogP contribution in [0, 0.1) is 12.8 Å². The summed E-state index contributed by atoms with van der Waals surface area (Å²) >= 11 is 0. The Balaban J connectivity index is 1.38. The van der Waals surface area contributed by atoms with Gasteiger partial charge in [0.05, 0.1) is 0 Å². The van der Waals surface area contributed by atoms with Crippen molar-refractivity contribution in [2.45, 2.75) is 19.8 Å². The second kappa shape index (κ2) is 8.60. The summed E-state index contributed by atoms with van der Waals surface area (Å²) in [5.74, 6) is 1.34. The highest BCUT2D eigenvalue weighted by molar-refractivity contribution is 6.00. The van der Waals surface area contributed by atoms with Gasteiger partial charge < -0.3 is 20.7 Å². The van der Waals surface area contributed by atoms with Gasteiger partial charge in [0, 0.05) is 23.4 Å². The standard InChI is InChI=1S/C22H21N5O3/c1-14-11-17(9-10-18(14)26-22(29)25-16-5-3-2-4-6-16)30-20-12-19(23-13-24-20)27-21(28)15-7-8-15/h2-6,9-13,15H,7-8H2,1H3,(H2,25,26,29)(H,23,24,27,28). The summed E-state index contributed by atoms with van der Waals surface area (Å²) in [5.41, 5.74) is 2.20. The number of aromatic nitrogens is 2. The van der Waals surface area contributed by atoms with E-state index in [1.807, 2.05) is 37.3 Å². The summed E-state index contributed by atoms with van der Waals surface area (Å²) < 4.78 is 5.78. The highest BCUT2D eigenvalue weighted by atomic mass is 16.5. The molecule has 8 nitrogen and oxygen atoms in total. The average Bonchev–Trinajstić information content (AvgIpc) is 3.57. The number of nitrogens with zero attached hydrogens (tertiary/aromatic N) is 2. The van der Waals surface area contributed by atoms with E-state index in [4.69, 9.17) is 4.74 Å². The van der Waals surface area contributed by atoms with Gasteiger partial charge in [-0.3, -0.25) is 4.79 Å². The number of hydrogen-bond donors (Lipinski definition) is 3. The Morgan fingerprint density at radius 2 is 1.77 bits per heavy atom. The molecule has 0 unspecified atom stereocenters. The predicted octanol–water partition coefficient (Wildman–Crippen LogP) is 4.57. The number of benzene rings is 2. The molecule has 0 spiro atoms. The van der Waals surface area contributed by atoms with Crippen LogP contribution in [-0.2, 0) is 4.79 Å². The zero-order valence-electron chi connectivity index (χ0n) is 16.4. The van der Waals surface area contributed by atoms with Crippen LogP contribution >= 0.6 is 0 Å². The van der Waals surface area contributed by atoms with Gasteiger partial charge in [0.1, 0.15) is 17.9 Å². The molecule has 1 aliphatic rings. The van der Waals surface area contributed by atoms with E-state index in [9.17, 15) is 9.59 Å². The third-order valence-corrected chi connectivity index (χ3v) is 4.54. The smallest absolute Gasteiger partial charge is 0.323 e. The molecule has 0 atom stereocenters. The van der Waals surface area contributed by atoms with Crippen molar-refractivity contribution in [1.82, 2.24) is 9.97 Å². The summed E-state index contributed by atoms with van der Waals surface area (Å²) in [7, 11) is 0. The SMILES string of the molecule is Cc1cc(Oc2cc(NC(=O)C3CC3)ncn2)ccc1NC(=O)Nc1ccccc1. The lowest BCUT2D eigenvalue weighted by molar-refractivity contribution is -0.117. The number of anilines is 3. The van der Waals surface area contributed by atoms with Gasteiger partial charge >= 0.3 is 6.03 Å². The number of amides is 3.